The molecule has 0 atom stereocenters. The number of benzene rings is 1. The molecule has 0 aromatic heterocycles. The summed E-state index contributed by atoms with van der Waals surface area (Å²) in [6.45, 7) is 2.38. The van der Waals surface area contributed by atoms with E-state index in [1.165, 1.54) is 12.1 Å². The highest BCUT2D eigenvalue weighted by Crippen LogP contribution is 2.29. The van der Waals surface area contributed by atoms with E-state index in [-0.39, 0.29) is 11.1 Å². The Balaban J connectivity index is 2.93. The first-order chi connectivity index (χ1) is 9.88. The number of unbranched alkanes of at least 4 members (excludes halogenated alkanes) is 1. The largest absolute Gasteiger partial charge is 0.416 e. The second kappa shape index (κ2) is 7.48. The summed E-state index contributed by atoms with van der Waals surface area (Å²) >= 11 is 0. The Morgan fingerprint density at radius 2 is 2.14 bits per heavy atom. The number of alkyl halides is 3. The Bertz CT molecular complexity index is 571. The van der Waals surface area contributed by atoms with E-state index in [0.29, 0.717) is 6.54 Å². The van der Waals surface area contributed by atoms with E-state index < -0.39 is 17.6 Å². The van der Waals surface area contributed by atoms with Crippen molar-refractivity contribution in [1.82, 2.24) is 5.32 Å². The molecule has 0 aliphatic carbocycles. The van der Waals surface area contributed by atoms with Crippen LogP contribution in [0.3, 0.4) is 0 Å². The first-order valence-corrected chi connectivity index (χ1v) is 6.45. The Hall–Kier alpha value is -2.29. The lowest BCUT2D eigenvalue weighted by Crippen LogP contribution is -2.25. The van der Waals surface area contributed by atoms with Crippen molar-refractivity contribution in [2.45, 2.75) is 25.9 Å². The summed E-state index contributed by atoms with van der Waals surface area (Å²) in [5, 5.41) is 11.5. The maximum absolute atomic E-state index is 12.6. The lowest BCUT2D eigenvalue weighted by atomic mass is 10.1. The number of rotatable bonds is 5. The number of halogens is 3. The SMILES string of the molecule is CCCCNC(=O)/C(C#N)=C/c1cccc(C(F)(F)F)c1. The van der Waals surface area contributed by atoms with Crippen molar-refractivity contribution in [3.63, 3.8) is 0 Å². The second-order valence-electron chi connectivity index (χ2n) is 4.40. The van der Waals surface area contributed by atoms with Crippen molar-refractivity contribution in [1.29, 1.82) is 5.26 Å². The third kappa shape index (κ3) is 5.30. The van der Waals surface area contributed by atoms with E-state index in [2.05, 4.69) is 5.32 Å². The molecule has 0 unspecified atom stereocenters. The zero-order valence-electron chi connectivity index (χ0n) is 11.5. The zero-order valence-corrected chi connectivity index (χ0v) is 11.5. The molecular formula is C15H15F3N2O. The molecule has 1 aromatic carbocycles. The molecule has 0 heterocycles. The predicted octanol–water partition coefficient (Wildman–Crippen LogP) is 3.53. The minimum Gasteiger partial charge on any atom is -0.351 e. The molecule has 0 aliphatic heterocycles. The van der Waals surface area contributed by atoms with Gasteiger partial charge in [0.05, 0.1) is 5.56 Å². The van der Waals surface area contributed by atoms with Gasteiger partial charge in [-0.1, -0.05) is 25.5 Å². The van der Waals surface area contributed by atoms with E-state index in [4.69, 9.17) is 5.26 Å². The van der Waals surface area contributed by atoms with Crippen LogP contribution >= 0.6 is 0 Å². The lowest BCUT2D eigenvalue weighted by molar-refractivity contribution is -0.137. The first kappa shape index (κ1) is 16.8. The zero-order chi connectivity index (χ0) is 15.9. The molecule has 1 amide bonds. The van der Waals surface area contributed by atoms with E-state index in [1.54, 1.807) is 6.07 Å². The number of hydrogen-bond acceptors (Lipinski definition) is 2. The Labute approximate surface area is 121 Å². The van der Waals surface area contributed by atoms with Crippen molar-refractivity contribution in [2.24, 2.45) is 0 Å². The van der Waals surface area contributed by atoms with Gasteiger partial charge in [-0.3, -0.25) is 4.79 Å². The van der Waals surface area contributed by atoms with Crippen molar-refractivity contribution in [3.05, 3.63) is 41.0 Å². The maximum atomic E-state index is 12.6. The van der Waals surface area contributed by atoms with Crippen molar-refractivity contribution >= 4 is 12.0 Å². The van der Waals surface area contributed by atoms with Crippen molar-refractivity contribution in [3.8, 4) is 6.07 Å². The van der Waals surface area contributed by atoms with Crippen LogP contribution in [0.15, 0.2) is 29.8 Å². The van der Waals surface area contributed by atoms with Crippen LogP contribution < -0.4 is 5.32 Å². The molecule has 1 rings (SSSR count). The average molecular weight is 296 g/mol. The minimum atomic E-state index is -4.46. The summed E-state index contributed by atoms with van der Waals surface area (Å²) in [6.07, 6.45) is -1.65. The smallest absolute Gasteiger partial charge is 0.351 e. The molecule has 0 radical (unpaired) electrons. The van der Waals surface area contributed by atoms with Gasteiger partial charge in [0.2, 0.25) is 0 Å². The van der Waals surface area contributed by atoms with Gasteiger partial charge in [-0.05, 0) is 30.2 Å². The normalized spacial score (nSPS) is 11.9. The van der Waals surface area contributed by atoms with Gasteiger partial charge in [-0.2, -0.15) is 18.4 Å². The number of hydrogen-bond donors (Lipinski definition) is 1. The highest BCUT2D eigenvalue weighted by Gasteiger charge is 2.30. The van der Waals surface area contributed by atoms with Crippen LogP contribution in [0.4, 0.5) is 13.2 Å². The van der Waals surface area contributed by atoms with Gasteiger partial charge in [-0.15, -0.1) is 0 Å². The highest BCUT2D eigenvalue weighted by atomic mass is 19.4. The van der Waals surface area contributed by atoms with E-state index in [9.17, 15) is 18.0 Å². The first-order valence-electron chi connectivity index (χ1n) is 6.45. The summed E-state index contributed by atoms with van der Waals surface area (Å²) in [5.74, 6) is -0.580. The van der Waals surface area contributed by atoms with E-state index in [1.807, 2.05) is 6.92 Å². The van der Waals surface area contributed by atoms with Crippen molar-refractivity contribution in [2.75, 3.05) is 6.54 Å². The van der Waals surface area contributed by atoms with Crippen LogP contribution in [-0.2, 0) is 11.0 Å². The molecule has 0 saturated heterocycles. The molecule has 21 heavy (non-hydrogen) atoms. The molecule has 0 saturated carbocycles. The molecule has 6 heteroatoms. The summed E-state index contributed by atoms with van der Waals surface area (Å²) in [7, 11) is 0. The molecule has 0 bridgehead atoms. The van der Waals surface area contributed by atoms with Crippen LogP contribution in [0.1, 0.15) is 30.9 Å². The maximum Gasteiger partial charge on any atom is 0.416 e. The molecule has 0 fully saturated rings. The second-order valence-corrected chi connectivity index (χ2v) is 4.40. The number of carbonyl (C=O) groups is 1. The quantitative estimate of drug-likeness (QED) is 0.513. The van der Waals surface area contributed by atoms with Gasteiger partial charge < -0.3 is 5.32 Å². The molecule has 1 aromatic rings. The molecule has 1 N–H and O–H groups in total. The summed E-state index contributed by atoms with van der Waals surface area (Å²) in [6, 6.07) is 6.18. The fourth-order valence-corrected chi connectivity index (χ4v) is 1.59. The molecule has 3 nitrogen and oxygen atoms in total. The Kier molecular flexibility index (Phi) is 5.97. The van der Waals surface area contributed by atoms with E-state index in [0.717, 1.165) is 31.1 Å². The lowest BCUT2D eigenvalue weighted by Gasteiger charge is -2.07. The van der Waals surface area contributed by atoms with Gasteiger partial charge in [0.15, 0.2) is 0 Å². The number of amides is 1. The van der Waals surface area contributed by atoms with Gasteiger partial charge in [0, 0.05) is 6.54 Å². The van der Waals surface area contributed by atoms with Crippen LogP contribution in [0.25, 0.3) is 6.08 Å². The van der Waals surface area contributed by atoms with Gasteiger partial charge in [0.1, 0.15) is 11.6 Å². The monoisotopic (exact) mass is 296 g/mol. The highest BCUT2D eigenvalue weighted by molar-refractivity contribution is 6.01. The number of nitrogens with one attached hydrogen (secondary N) is 1. The number of nitrogens with zero attached hydrogens (tertiary/aromatic N) is 1. The van der Waals surface area contributed by atoms with Gasteiger partial charge in [0.25, 0.3) is 5.91 Å². The third-order valence-corrected chi connectivity index (χ3v) is 2.71. The van der Waals surface area contributed by atoms with Crippen molar-refractivity contribution < 1.29 is 18.0 Å². The van der Waals surface area contributed by atoms with E-state index >= 15 is 0 Å². The van der Waals surface area contributed by atoms with Crippen LogP contribution in [0.5, 0.6) is 0 Å². The Morgan fingerprint density at radius 3 is 2.71 bits per heavy atom. The van der Waals surface area contributed by atoms with Gasteiger partial charge in [-0.25, -0.2) is 0 Å². The summed E-state index contributed by atoms with van der Waals surface area (Å²) < 4.78 is 37.8. The van der Waals surface area contributed by atoms with Crippen LogP contribution in [0, 0.1) is 11.3 Å². The predicted molar refractivity (Wildman–Crippen MR) is 73.0 cm³/mol. The fraction of sp³-hybridized carbons (Fsp3) is 0.333. The molecule has 112 valence electrons. The summed E-state index contributed by atoms with van der Waals surface area (Å²) in [5.41, 5.74) is -0.877. The molecule has 0 spiro atoms. The fourth-order valence-electron chi connectivity index (χ4n) is 1.59. The standard InChI is InChI=1S/C15H15F3N2O/c1-2-3-7-20-14(21)12(10-19)8-11-5-4-6-13(9-11)15(16,17)18/h4-6,8-9H,2-3,7H2,1H3,(H,20,21)/b12-8+. The number of nitriles is 1. The number of carbonyl (C=O) groups excluding carboxylic acids is 1. The topological polar surface area (TPSA) is 52.9 Å². The molecular weight excluding hydrogens is 281 g/mol. The van der Waals surface area contributed by atoms with Crippen LogP contribution in [0.2, 0.25) is 0 Å². The average Bonchev–Trinajstić information content (AvgIpc) is 2.44. The van der Waals surface area contributed by atoms with Crippen LogP contribution in [-0.4, -0.2) is 12.5 Å². The third-order valence-electron chi connectivity index (χ3n) is 2.71. The Morgan fingerprint density at radius 1 is 1.43 bits per heavy atom. The van der Waals surface area contributed by atoms with Gasteiger partial charge >= 0.3 is 6.18 Å². The summed E-state index contributed by atoms with van der Waals surface area (Å²) in [4.78, 5) is 11.7. The molecule has 0 aliphatic rings. The minimum absolute atomic E-state index is 0.159.